The van der Waals surface area contributed by atoms with Crippen LogP contribution in [0.1, 0.15) is 63.4 Å². The van der Waals surface area contributed by atoms with Crippen molar-refractivity contribution in [3.05, 3.63) is 33.8 Å². The summed E-state index contributed by atoms with van der Waals surface area (Å²) in [6, 6.07) is 5.06. The lowest BCUT2D eigenvalue weighted by Crippen LogP contribution is -2.47. The van der Waals surface area contributed by atoms with Crippen LogP contribution in [-0.2, 0) is 20.6 Å². The first-order chi connectivity index (χ1) is 13.8. The molecule has 1 aliphatic heterocycles. The van der Waals surface area contributed by atoms with Gasteiger partial charge in [0.25, 0.3) is 0 Å². The van der Waals surface area contributed by atoms with E-state index in [9.17, 15) is 13.2 Å². The largest absolute Gasteiger partial charge is 0.353 e. The maximum atomic E-state index is 12.9. The van der Waals surface area contributed by atoms with E-state index in [0.29, 0.717) is 28.6 Å². The second-order valence-electron chi connectivity index (χ2n) is 8.24. The highest BCUT2D eigenvalue weighted by molar-refractivity contribution is 7.88. The highest BCUT2D eigenvalue weighted by atomic mass is 35.5. The summed E-state index contributed by atoms with van der Waals surface area (Å²) >= 11 is 12.1. The quantitative estimate of drug-likeness (QED) is 0.687. The van der Waals surface area contributed by atoms with Crippen LogP contribution in [-0.4, -0.2) is 37.8 Å². The molecule has 1 saturated carbocycles. The molecule has 0 radical (unpaired) electrons. The summed E-state index contributed by atoms with van der Waals surface area (Å²) in [7, 11) is -3.56. The maximum absolute atomic E-state index is 12.9. The molecule has 1 aliphatic carbocycles. The van der Waals surface area contributed by atoms with Crippen molar-refractivity contribution in [2.24, 2.45) is 5.92 Å². The number of piperidine rings is 1. The van der Waals surface area contributed by atoms with Gasteiger partial charge in [0.2, 0.25) is 15.9 Å². The van der Waals surface area contributed by atoms with Gasteiger partial charge >= 0.3 is 0 Å². The van der Waals surface area contributed by atoms with Crippen molar-refractivity contribution >= 4 is 39.1 Å². The number of rotatable bonds is 5. The first-order valence-corrected chi connectivity index (χ1v) is 12.9. The lowest BCUT2D eigenvalue weighted by atomic mass is 9.94. The Balaban J connectivity index is 1.60. The molecule has 2 fully saturated rings. The standard InChI is InChI=1S/C21H30Cl2N2O3S/c22-18-11-10-17(20(23)13-18)15-29(27,28)25-12-6-7-16(14-25)21(26)24-19-8-4-2-1-3-5-9-19/h10-11,13,16,19H,1-9,12,14-15H2,(H,24,26). The van der Waals surface area contributed by atoms with E-state index in [1.807, 2.05) is 0 Å². The number of halogens is 2. The number of benzene rings is 1. The molecule has 1 amide bonds. The lowest BCUT2D eigenvalue weighted by Gasteiger charge is -2.32. The lowest BCUT2D eigenvalue weighted by molar-refractivity contribution is -0.126. The summed E-state index contributed by atoms with van der Waals surface area (Å²) in [5, 5.41) is 4.01. The number of hydrogen-bond acceptors (Lipinski definition) is 3. The molecular weight excluding hydrogens is 431 g/mol. The zero-order chi connectivity index (χ0) is 20.9. The van der Waals surface area contributed by atoms with Crippen LogP contribution >= 0.6 is 23.2 Å². The molecule has 162 valence electrons. The predicted molar refractivity (Wildman–Crippen MR) is 118 cm³/mol. The van der Waals surface area contributed by atoms with Gasteiger partial charge in [-0.3, -0.25) is 4.79 Å². The molecule has 1 unspecified atom stereocenters. The van der Waals surface area contributed by atoms with Gasteiger partial charge in [-0.2, -0.15) is 0 Å². The molecule has 1 N–H and O–H groups in total. The van der Waals surface area contributed by atoms with Crippen LogP contribution in [0.25, 0.3) is 0 Å². The smallest absolute Gasteiger partial charge is 0.224 e. The molecule has 3 rings (SSSR count). The van der Waals surface area contributed by atoms with Crippen molar-refractivity contribution in [3.63, 3.8) is 0 Å². The Labute approximate surface area is 184 Å². The van der Waals surface area contributed by atoms with Gasteiger partial charge in [0, 0.05) is 29.2 Å². The average molecular weight is 461 g/mol. The van der Waals surface area contributed by atoms with Crippen LogP contribution < -0.4 is 5.32 Å². The molecule has 1 aromatic carbocycles. The molecule has 1 saturated heterocycles. The molecule has 1 heterocycles. The van der Waals surface area contributed by atoms with E-state index in [4.69, 9.17) is 23.2 Å². The minimum atomic E-state index is -3.56. The summed E-state index contributed by atoms with van der Waals surface area (Å²) in [6.07, 6.45) is 9.52. The van der Waals surface area contributed by atoms with Crippen LogP contribution in [0.5, 0.6) is 0 Å². The Bertz CT molecular complexity index is 808. The summed E-state index contributed by atoms with van der Waals surface area (Å²) in [5.74, 6) is -0.468. The number of hydrogen-bond donors (Lipinski definition) is 1. The Morgan fingerprint density at radius 1 is 1.03 bits per heavy atom. The molecule has 8 heteroatoms. The Morgan fingerprint density at radius 2 is 1.72 bits per heavy atom. The Kier molecular flexibility index (Phi) is 8.25. The van der Waals surface area contributed by atoms with E-state index in [1.165, 1.54) is 23.6 Å². The van der Waals surface area contributed by atoms with Gasteiger partial charge in [-0.15, -0.1) is 0 Å². The molecule has 0 spiro atoms. The molecule has 29 heavy (non-hydrogen) atoms. The summed E-state index contributed by atoms with van der Waals surface area (Å²) < 4.78 is 27.3. The van der Waals surface area contributed by atoms with Gasteiger partial charge in [0.1, 0.15) is 0 Å². The number of sulfonamides is 1. The van der Waals surface area contributed by atoms with E-state index in [-0.39, 0.29) is 30.2 Å². The SMILES string of the molecule is O=C(NC1CCCCCCC1)C1CCCN(S(=O)(=O)Cc2ccc(Cl)cc2Cl)C1. The summed E-state index contributed by atoms with van der Waals surface area (Å²) in [4.78, 5) is 12.8. The van der Waals surface area contributed by atoms with E-state index in [1.54, 1.807) is 18.2 Å². The predicted octanol–water partition coefficient (Wildman–Crippen LogP) is 4.76. The molecule has 5 nitrogen and oxygen atoms in total. The van der Waals surface area contributed by atoms with Crippen molar-refractivity contribution in [1.82, 2.24) is 9.62 Å². The number of carbonyl (C=O) groups is 1. The normalized spacial score (nSPS) is 22.6. The van der Waals surface area contributed by atoms with Crippen molar-refractivity contribution in [1.29, 1.82) is 0 Å². The molecule has 0 aromatic heterocycles. The van der Waals surface area contributed by atoms with Gasteiger partial charge in [-0.05, 0) is 43.4 Å². The molecule has 1 aromatic rings. The van der Waals surface area contributed by atoms with Crippen LogP contribution in [0.15, 0.2) is 18.2 Å². The van der Waals surface area contributed by atoms with E-state index in [2.05, 4.69) is 5.32 Å². The van der Waals surface area contributed by atoms with Crippen molar-refractivity contribution < 1.29 is 13.2 Å². The highest BCUT2D eigenvalue weighted by Crippen LogP contribution is 2.27. The Morgan fingerprint density at radius 3 is 2.41 bits per heavy atom. The zero-order valence-electron chi connectivity index (χ0n) is 16.7. The van der Waals surface area contributed by atoms with Gasteiger partial charge in [-0.25, -0.2) is 12.7 Å². The number of amides is 1. The third-order valence-electron chi connectivity index (χ3n) is 5.95. The highest BCUT2D eigenvalue weighted by Gasteiger charge is 2.33. The van der Waals surface area contributed by atoms with Crippen molar-refractivity contribution in [2.45, 2.75) is 69.6 Å². The van der Waals surface area contributed by atoms with Gasteiger partial charge in [0.15, 0.2) is 0 Å². The fraction of sp³-hybridized carbons (Fsp3) is 0.667. The van der Waals surface area contributed by atoms with Gasteiger partial charge in [-0.1, -0.05) is 61.4 Å². The molecule has 1 atom stereocenters. The van der Waals surface area contributed by atoms with Crippen LogP contribution in [0.2, 0.25) is 10.0 Å². The van der Waals surface area contributed by atoms with Crippen LogP contribution in [0.3, 0.4) is 0 Å². The third-order valence-corrected chi connectivity index (χ3v) is 8.33. The summed E-state index contributed by atoms with van der Waals surface area (Å²) in [5.41, 5.74) is 0.525. The van der Waals surface area contributed by atoms with Crippen LogP contribution in [0, 0.1) is 5.92 Å². The second-order valence-corrected chi connectivity index (χ2v) is 11.1. The monoisotopic (exact) mass is 460 g/mol. The molecule has 0 bridgehead atoms. The van der Waals surface area contributed by atoms with Crippen molar-refractivity contribution in [2.75, 3.05) is 13.1 Å². The number of carbonyl (C=O) groups excluding carboxylic acids is 1. The third kappa shape index (κ3) is 6.58. The minimum absolute atomic E-state index is 0.00000111. The fourth-order valence-electron chi connectivity index (χ4n) is 4.26. The second kappa shape index (κ2) is 10.5. The molecular formula is C21H30Cl2N2O3S. The van der Waals surface area contributed by atoms with Gasteiger partial charge in [0.05, 0.1) is 11.7 Å². The maximum Gasteiger partial charge on any atom is 0.224 e. The first kappa shape index (κ1) is 22.9. The Hall–Kier alpha value is -0.820. The first-order valence-electron chi connectivity index (χ1n) is 10.6. The van der Waals surface area contributed by atoms with Crippen molar-refractivity contribution in [3.8, 4) is 0 Å². The number of nitrogens with one attached hydrogen (secondary N) is 1. The topological polar surface area (TPSA) is 66.5 Å². The minimum Gasteiger partial charge on any atom is -0.353 e. The summed E-state index contributed by atoms with van der Waals surface area (Å²) in [6.45, 7) is 0.687. The molecule has 2 aliphatic rings. The average Bonchev–Trinajstić information content (AvgIpc) is 2.66. The van der Waals surface area contributed by atoms with Crippen LogP contribution in [0.4, 0.5) is 0 Å². The van der Waals surface area contributed by atoms with E-state index >= 15 is 0 Å². The number of nitrogens with zero attached hydrogens (tertiary/aromatic N) is 1. The van der Waals surface area contributed by atoms with E-state index in [0.717, 1.165) is 32.1 Å². The fourth-order valence-corrected chi connectivity index (χ4v) is 6.45. The zero-order valence-corrected chi connectivity index (χ0v) is 19.0. The van der Waals surface area contributed by atoms with E-state index < -0.39 is 10.0 Å². The van der Waals surface area contributed by atoms with Gasteiger partial charge < -0.3 is 5.32 Å².